The third-order valence-electron chi connectivity index (χ3n) is 7.13. The van der Waals surface area contributed by atoms with Gasteiger partial charge in [-0.15, -0.1) is 5.46 Å². The number of hydrogen-bond donors (Lipinski definition) is 0. The van der Waals surface area contributed by atoms with E-state index in [4.69, 9.17) is 0 Å². The van der Waals surface area contributed by atoms with Gasteiger partial charge in [0, 0.05) is 37.5 Å². The molecule has 5 rings (SSSR count). The van der Waals surface area contributed by atoms with E-state index in [9.17, 15) is 26.3 Å². The number of benzene rings is 4. The van der Waals surface area contributed by atoms with Gasteiger partial charge in [0.05, 0.1) is 0 Å². The van der Waals surface area contributed by atoms with Crippen LogP contribution in [0.1, 0.15) is 5.56 Å². The topological polar surface area (TPSA) is 6.25 Å². The minimum Gasteiger partial charge on any atom is -0.408 e. The van der Waals surface area contributed by atoms with Crippen LogP contribution in [-0.2, 0) is 0 Å². The molecule has 13 heteroatoms. The van der Waals surface area contributed by atoms with Crippen molar-refractivity contribution >= 4 is 40.3 Å². The van der Waals surface area contributed by atoms with E-state index < -0.39 is 80.8 Å². The first-order valence-corrected chi connectivity index (χ1v) is 11.6. The van der Waals surface area contributed by atoms with Gasteiger partial charge in [0.25, 0.3) is 0 Å². The number of halogens is 10. The van der Waals surface area contributed by atoms with Crippen LogP contribution in [0.15, 0.2) is 48.5 Å². The Morgan fingerprint density at radius 2 is 0.925 bits per heavy atom. The Morgan fingerprint density at radius 1 is 0.525 bits per heavy atom. The molecule has 1 aliphatic rings. The van der Waals surface area contributed by atoms with Crippen LogP contribution in [-0.4, -0.2) is 31.1 Å². The van der Waals surface area contributed by atoms with Gasteiger partial charge in [0.2, 0.25) is 0 Å². The molecule has 206 valence electrons. The second-order valence-electron chi connectivity index (χ2n) is 9.36. The summed E-state index contributed by atoms with van der Waals surface area (Å²) in [6.45, 7) is 0. The highest BCUT2D eigenvalue weighted by Crippen LogP contribution is 2.32. The maximum Gasteiger partial charge on any atom is 0.372 e. The van der Waals surface area contributed by atoms with Crippen LogP contribution in [0.4, 0.5) is 55.3 Å². The van der Waals surface area contributed by atoms with Crippen LogP contribution in [0, 0.1) is 58.2 Å². The number of nitrogens with zero attached hydrogens (tertiary/aromatic N) is 2. The van der Waals surface area contributed by atoms with Crippen molar-refractivity contribution < 1.29 is 48.4 Å². The van der Waals surface area contributed by atoms with Gasteiger partial charge in [0.1, 0.15) is 29.5 Å². The van der Waals surface area contributed by atoms with Crippen molar-refractivity contribution in [2.45, 2.75) is 0 Å². The van der Waals surface area contributed by atoms with Crippen LogP contribution in [0.25, 0.3) is 0 Å². The largest absolute Gasteiger partial charge is 0.408 e. The van der Waals surface area contributed by atoms with Gasteiger partial charge in [-0.05, 0) is 23.1 Å². The molecule has 4 aromatic carbocycles. The predicted molar refractivity (Wildman–Crippen MR) is 129 cm³/mol. The van der Waals surface area contributed by atoms with E-state index in [1.165, 1.54) is 42.5 Å². The van der Waals surface area contributed by atoms with E-state index in [1.807, 2.05) is 0 Å². The van der Waals surface area contributed by atoms with Gasteiger partial charge in [-0.25, -0.2) is 43.9 Å². The molecule has 0 saturated heterocycles. The third kappa shape index (κ3) is 3.56. The van der Waals surface area contributed by atoms with Crippen molar-refractivity contribution in [2.24, 2.45) is 0 Å². The van der Waals surface area contributed by atoms with Crippen LogP contribution in [0.3, 0.4) is 0 Å². The molecule has 0 radical (unpaired) electrons. The molecule has 2 nitrogen and oxygen atoms in total. The van der Waals surface area contributed by atoms with Gasteiger partial charge in [0.15, 0.2) is 40.6 Å². The standard InChI is InChI=1S/C27H15BF10N2/c1-39(2)13-7-9-14(10-8-13)40-11-12-5-3-4-6-15(12)28(40,16-18(29)22(33)26(37)23(34)19(16)30)17-20(31)24(35)27(38)25(36)21(17)32/h3-11H,1-2H3. The average molecular weight is 568 g/mol. The summed E-state index contributed by atoms with van der Waals surface area (Å²) in [4.78, 5) is 1.65. The fraction of sp³-hybridized carbons (Fsp3) is 0.0741. The second kappa shape index (κ2) is 9.42. The minimum atomic E-state index is -4.34. The Balaban J connectivity index is 2.06. The van der Waals surface area contributed by atoms with E-state index in [-0.39, 0.29) is 11.3 Å². The highest BCUT2D eigenvalue weighted by molar-refractivity contribution is 7.07. The van der Waals surface area contributed by atoms with Gasteiger partial charge in [-0.1, -0.05) is 24.3 Å². The average Bonchev–Trinajstić information content (AvgIpc) is 3.28. The van der Waals surface area contributed by atoms with Gasteiger partial charge < -0.3 is 9.39 Å². The van der Waals surface area contributed by atoms with Gasteiger partial charge in [-0.3, -0.25) is 0 Å². The fourth-order valence-electron chi connectivity index (χ4n) is 5.35. The summed E-state index contributed by atoms with van der Waals surface area (Å²) in [6, 6.07) is 10.5. The lowest BCUT2D eigenvalue weighted by Crippen LogP contribution is -2.75. The smallest absolute Gasteiger partial charge is 0.372 e. The molecule has 0 fully saturated rings. The van der Waals surface area contributed by atoms with Crippen molar-refractivity contribution in [2.75, 3.05) is 19.0 Å². The Bertz CT molecular complexity index is 1610. The summed E-state index contributed by atoms with van der Waals surface area (Å²) in [5.41, 5.74) is -3.59. The first-order valence-electron chi connectivity index (χ1n) is 11.6. The summed E-state index contributed by atoms with van der Waals surface area (Å²) in [7, 11) is 3.34. The molecule has 0 saturated carbocycles. The van der Waals surface area contributed by atoms with Crippen molar-refractivity contribution in [3.05, 3.63) is 112 Å². The second-order valence-corrected chi connectivity index (χ2v) is 9.36. The zero-order valence-corrected chi connectivity index (χ0v) is 20.4. The molecule has 0 unspecified atom stereocenters. The Labute approximate surface area is 220 Å². The van der Waals surface area contributed by atoms with Crippen molar-refractivity contribution in [3.8, 4) is 0 Å². The molecule has 0 bridgehead atoms. The summed E-state index contributed by atoms with van der Waals surface area (Å²) < 4.78 is 150. The molecule has 1 heterocycles. The van der Waals surface area contributed by atoms with Crippen LogP contribution in [0.2, 0.25) is 0 Å². The molecule has 1 aliphatic heterocycles. The summed E-state index contributed by atoms with van der Waals surface area (Å²) in [5, 5.41) is 0. The number of anilines is 1. The van der Waals surface area contributed by atoms with E-state index in [0.29, 0.717) is 5.69 Å². The lowest BCUT2D eigenvalue weighted by Gasteiger charge is -2.36. The highest BCUT2D eigenvalue weighted by Gasteiger charge is 2.57. The van der Waals surface area contributed by atoms with Crippen LogP contribution >= 0.6 is 0 Å². The number of rotatable bonds is 4. The first-order chi connectivity index (χ1) is 18.8. The van der Waals surface area contributed by atoms with E-state index in [1.54, 1.807) is 19.0 Å². The van der Waals surface area contributed by atoms with Gasteiger partial charge in [-0.2, -0.15) is 0 Å². The molecule has 0 N–H and O–H groups in total. The van der Waals surface area contributed by atoms with Crippen molar-refractivity contribution in [3.63, 3.8) is 0 Å². The quantitative estimate of drug-likeness (QED) is 0.147. The molecule has 0 spiro atoms. The molecule has 0 aliphatic carbocycles. The lowest BCUT2D eigenvalue weighted by molar-refractivity contribution is -0.279. The zero-order valence-electron chi connectivity index (χ0n) is 20.4. The molecule has 0 aromatic heterocycles. The molecule has 0 atom stereocenters. The monoisotopic (exact) mass is 568 g/mol. The van der Waals surface area contributed by atoms with Crippen LogP contribution < -0.4 is 21.3 Å². The fourth-order valence-corrected chi connectivity index (χ4v) is 5.35. The maximum absolute atomic E-state index is 15.6. The first kappa shape index (κ1) is 27.3. The normalized spacial score (nSPS) is 13.8. The maximum atomic E-state index is 15.6. The highest BCUT2D eigenvalue weighted by atomic mass is 19.2. The Hall–Kier alpha value is -4.29. The predicted octanol–water partition coefficient (Wildman–Crippen LogP) is 4.89. The third-order valence-corrected chi connectivity index (χ3v) is 7.13. The van der Waals surface area contributed by atoms with Crippen molar-refractivity contribution in [1.82, 2.24) is 0 Å². The van der Waals surface area contributed by atoms with Crippen LogP contribution in [0.5, 0.6) is 0 Å². The minimum absolute atomic E-state index is 0.0351. The lowest BCUT2D eigenvalue weighted by atomic mass is 9.23. The number of hydrogen-bond acceptors (Lipinski definition) is 1. The molecular formula is C27H15BF10N2. The number of fused-ring (bicyclic) bond motifs is 1. The summed E-state index contributed by atoms with van der Waals surface area (Å²) in [5.74, 6) is -25.0. The summed E-state index contributed by atoms with van der Waals surface area (Å²) in [6.07, 6.45) is -3.26. The zero-order chi connectivity index (χ0) is 29.3. The Kier molecular flexibility index (Phi) is 6.43. The van der Waals surface area contributed by atoms with E-state index >= 15 is 17.6 Å². The molecule has 40 heavy (non-hydrogen) atoms. The summed E-state index contributed by atoms with van der Waals surface area (Å²) >= 11 is 0. The molecule has 0 amide bonds. The SMILES string of the molecule is CN(C)c1ccc([N+]2=Cc3ccccc3[B-]2(c2c(F)c(F)c(F)c(F)c2F)c2c(F)c(F)c(F)c(F)c2F)cc1. The van der Waals surface area contributed by atoms with E-state index in [0.717, 1.165) is 16.8 Å². The Morgan fingerprint density at radius 3 is 1.35 bits per heavy atom. The van der Waals surface area contributed by atoms with Gasteiger partial charge >= 0.3 is 6.28 Å². The molecule has 4 aromatic rings. The molecular weight excluding hydrogens is 553 g/mol. The van der Waals surface area contributed by atoms with Crippen molar-refractivity contribution in [1.29, 1.82) is 0 Å². The van der Waals surface area contributed by atoms with E-state index in [2.05, 4.69) is 0 Å².